The molecule has 4 rings (SSSR count). The van der Waals surface area contributed by atoms with E-state index < -0.39 is 11.9 Å². The predicted octanol–water partition coefficient (Wildman–Crippen LogP) is 2.99. The Balaban J connectivity index is 1.97. The van der Waals surface area contributed by atoms with Gasteiger partial charge in [0.1, 0.15) is 17.4 Å². The number of carbonyl (C=O) groups is 1. The number of halogens is 1. The van der Waals surface area contributed by atoms with Crippen LogP contribution in [0.15, 0.2) is 42.5 Å². The minimum Gasteiger partial charge on any atom is -0.507 e. The third-order valence-corrected chi connectivity index (χ3v) is 4.62. The van der Waals surface area contributed by atoms with E-state index in [1.165, 1.54) is 24.3 Å². The first kappa shape index (κ1) is 17.2. The van der Waals surface area contributed by atoms with Crippen molar-refractivity contribution in [3.8, 4) is 17.1 Å². The molecule has 1 saturated heterocycles. The zero-order valence-corrected chi connectivity index (χ0v) is 14.3. The van der Waals surface area contributed by atoms with Gasteiger partial charge in [-0.25, -0.2) is 19.2 Å². The molecule has 1 aliphatic heterocycles. The van der Waals surface area contributed by atoms with Crippen LogP contribution in [0.1, 0.15) is 6.42 Å². The number of carboxylic acid groups (broad SMARTS) is 1. The van der Waals surface area contributed by atoms with Crippen LogP contribution in [-0.2, 0) is 0 Å². The summed E-state index contributed by atoms with van der Waals surface area (Å²) in [6, 6.07) is 10.2. The molecule has 3 aromatic rings. The van der Waals surface area contributed by atoms with Crippen molar-refractivity contribution in [2.75, 3.05) is 18.0 Å². The number of phenols is 1. The molecular weight excluding hydrogens is 351 g/mol. The SMILES string of the molecule is O=C(O)N(c1nc(-c2ccccc2O)nc2ccc(F)cc12)C1CCNC1. The third-order valence-electron chi connectivity index (χ3n) is 4.62. The number of amides is 1. The Bertz CT molecular complexity index is 1020. The molecule has 138 valence electrons. The molecule has 8 heteroatoms. The van der Waals surface area contributed by atoms with E-state index in [0.29, 0.717) is 36.0 Å². The second-order valence-corrected chi connectivity index (χ2v) is 6.35. The van der Waals surface area contributed by atoms with E-state index in [1.807, 2.05) is 0 Å². The van der Waals surface area contributed by atoms with Gasteiger partial charge in [0.2, 0.25) is 0 Å². The van der Waals surface area contributed by atoms with Crippen molar-refractivity contribution in [1.82, 2.24) is 15.3 Å². The number of nitrogens with zero attached hydrogens (tertiary/aromatic N) is 3. The van der Waals surface area contributed by atoms with Crippen molar-refractivity contribution in [2.24, 2.45) is 0 Å². The molecule has 0 radical (unpaired) electrons. The van der Waals surface area contributed by atoms with Crippen molar-refractivity contribution in [3.63, 3.8) is 0 Å². The highest BCUT2D eigenvalue weighted by Crippen LogP contribution is 2.33. The Morgan fingerprint density at radius 1 is 1.22 bits per heavy atom. The average molecular weight is 368 g/mol. The molecule has 0 saturated carbocycles. The summed E-state index contributed by atoms with van der Waals surface area (Å²) in [6.07, 6.45) is -0.546. The predicted molar refractivity (Wildman–Crippen MR) is 98.4 cm³/mol. The zero-order valence-electron chi connectivity index (χ0n) is 14.3. The van der Waals surface area contributed by atoms with Crippen molar-refractivity contribution in [2.45, 2.75) is 12.5 Å². The van der Waals surface area contributed by atoms with E-state index in [4.69, 9.17) is 0 Å². The van der Waals surface area contributed by atoms with Gasteiger partial charge in [0, 0.05) is 11.9 Å². The van der Waals surface area contributed by atoms with Gasteiger partial charge in [-0.1, -0.05) is 12.1 Å². The minimum atomic E-state index is -1.17. The van der Waals surface area contributed by atoms with E-state index in [9.17, 15) is 19.4 Å². The number of hydrogen-bond donors (Lipinski definition) is 3. The molecule has 0 aliphatic carbocycles. The normalized spacial score (nSPS) is 16.6. The molecule has 27 heavy (non-hydrogen) atoms. The van der Waals surface area contributed by atoms with Crippen LogP contribution in [0.4, 0.5) is 15.0 Å². The topological polar surface area (TPSA) is 98.6 Å². The fourth-order valence-corrected chi connectivity index (χ4v) is 3.33. The summed E-state index contributed by atoms with van der Waals surface area (Å²) >= 11 is 0. The lowest BCUT2D eigenvalue weighted by molar-refractivity contribution is 0.199. The summed E-state index contributed by atoms with van der Waals surface area (Å²) < 4.78 is 13.9. The van der Waals surface area contributed by atoms with Crippen molar-refractivity contribution < 1.29 is 19.4 Å². The smallest absolute Gasteiger partial charge is 0.413 e. The highest BCUT2D eigenvalue weighted by Gasteiger charge is 2.31. The van der Waals surface area contributed by atoms with E-state index in [0.717, 1.165) is 4.90 Å². The largest absolute Gasteiger partial charge is 0.507 e. The van der Waals surface area contributed by atoms with E-state index >= 15 is 0 Å². The van der Waals surface area contributed by atoms with Gasteiger partial charge in [-0.3, -0.25) is 4.90 Å². The van der Waals surface area contributed by atoms with Gasteiger partial charge < -0.3 is 15.5 Å². The first-order chi connectivity index (χ1) is 13.0. The molecule has 1 aromatic heterocycles. The van der Waals surface area contributed by atoms with Crippen LogP contribution in [-0.4, -0.2) is 45.4 Å². The molecule has 3 N–H and O–H groups in total. The van der Waals surface area contributed by atoms with Crippen LogP contribution in [0.3, 0.4) is 0 Å². The van der Waals surface area contributed by atoms with E-state index in [-0.39, 0.29) is 23.4 Å². The van der Waals surface area contributed by atoms with E-state index in [1.54, 1.807) is 18.2 Å². The van der Waals surface area contributed by atoms with Crippen molar-refractivity contribution in [1.29, 1.82) is 0 Å². The Morgan fingerprint density at radius 2 is 2.04 bits per heavy atom. The molecule has 1 amide bonds. The van der Waals surface area contributed by atoms with Gasteiger partial charge in [-0.2, -0.15) is 0 Å². The quantitative estimate of drug-likeness (QED) is 0.657. The zero-order chi connectivity index (χ0) is 19.0. The van der Waals surface area contributed by atoms with Crippen LogP contribution >= 0.6 is 0 Å². The van der Waals surface area contributed by atoms with Gasteiger partial charge in [0.05, 0.1) is 17.1 Å². The van der Waals surface area contributed by atoms with Crippen LogP contribution in [0.5, 0.6) is 5.75 Å². The Morgan fingerprint density at radius 3 is 2.74 bits per heavy atom. The fraction of sp³-hybridized carbons (Fsp3) is 0.211. The molecule has 1 atom stereocenters. The molecule has 0 bridgehead atoms. The second kappa shape index (κ2) is 6.81. The number of hydrogen-bond acceptors (Lipinski definition) is 5. The highest BCUT2D eigenvalue weighted by atomic mass is 19.1. The Labute approximate surface area is 154 Å². The average Bonchev–Trinajstić information content (AvgIpc) is 3.16. The number of nitrogens with one attached hydrogen (secondary N) is 1. The summed E-state index contributed by atoms with van der Waals surface area (Å²) in [6.45, 7) is 1.18. The van der Waals surface area contributed by atoms with Gasteiger partial charge in [0.15, 0.2) is 5.82 Å². The maximum atomic E-state index is 13.9. The fourth-order valence-electron chi connectivity index (χ4n) is 3.33. The monoisotopic (exact) mass is 368 g/mol. The summed E-state index contributed by atoms with van der Waals surface area (Å²) in [5.74, 6) is -0.231. The molecule has 1 fully saturated rings. The minimum absolute atomic E-state index is 0.0191. The second-order valence-electron chi connectivity index (χ2n) is 6.35. The standard InChI is InChI=1S/C19H17FN4O3/c20-11-5-6-15-14(9-11)18(24(19(26)27)12-7-8-21-10-12)23-17(22-15)13-3-1-2-4-16(13)25/h1-6,9,12,21,25H,7-8,10H2,(H,26,27). The van der Waals surface area contributed by atoms with Crippen LogP contribution in [0, 0.1) is 5.82 Å². The van der Waals surface area contributed by atoms with Gasteiger partial charge in [-0.15, -0.1) is 0 Å². The summed E-state index contributed by atoms with van der Waals surface area (Å²) in [5, 5.41) is 23.4. The van der Waals surface area contributed by atoms with Gasteiger partial charge >= 0.3 is 6.09 Å². The third kappa shape index (κ3) is 3.15. The number of aromatic hydroxyl groups is 1. The molecule has 2 aromatic carbocycles. The number of anilines is 1. The molecule has 2 heterocycles. The summed E-state index contributed by atoms with van der Waals surface area (Å²) in [5.41, 5.74) is 0.775. The van der Waals surface area contributed by atoms with E-state index in [2.05, 4.69) is 15.3 Å². The van der Waals surface area contributed by atoms with Gasteiger partial charge in [0.25, 0.3) is 0 Å². The van der Waals surface area contributed by atoms with Crippen molar-refractivity contribution in [3.05, 3.63) is 48.3 Å². The Hall–Kier alpha value is -3.26. The van der Waals surface area contributed by atoms with Crippen LogP contribution in [0.25, 0.3) is 22.3 Å². The van der Waals surface area contributed by atoms with Crippen LogP contribution in [0.2, 0.25) is 0 Å². The first-order valence-corrected chi connectivity index (χ1v) is 8.53. The van der Waals surface area contributed by atoms with Gasteiger partial charge in [-0.05, 0) is 43.3 Å². The molecule has 1 unspecified atom stereocenters. The lowest BCUT2D eigenvalue weighted by Gasteiger charge is -2.26. The number of benzene rings is 2. The molecule has 7 nitrogen and oxygen atoms in total. The molecule has 0 spiro atoms. The first-order valence-electron chi connectivity index (χ1n) is 8.53. The lowest BCUT2D eigenvalue weighted by Crippen LogP contribution is -2.41. The van der Waals surface area contributed by atoms with Crippen LogP contribution < -0.4 is 10.2 Å². The number of fused-ring (bicyclic) bond motifs is 1. The Kier molecular flexibility index (Phi) is 4.33. The summed E-state index contributed by atoms with van der Waals surface area (Å²) in [7, 11) is 0. The molecule has 1 aliphatic rings. The maximum Gasteiger partial charge on any atom is 0.413 e. The number of phenolic OH excluding ortho intramolecular Hbond substituents is 1. The summed E-state index contributed by atoms with van der Waals surface area (Å²) in [4.78, 5) is 22.0. The number of aromatic nitrogens is 2. The number of para-hydroxylation sites is 1. The maximum absolute atomic E-state index is 13.9. The van der Waals surface area contributed by atoms with Crippen molar-refractivity contribution >= 4 is 22.8 Å². The lowest BCUT2D eigenvalue weighted by atomic mass is 10.1. The number of rotatable bonds is 3. The highest BCUT2D eigenvalue weighted by molar-refractivity contribution is 5.99. The molecular formula is C19H17FN4O3.